The van der Waals surface area contributed by atoms with E-state index in [-0.39, 0.29) is 0 Å². The predicted molar refractivity (Wildman–Crippen MR) is 81.0 cm³/mol. The van der Waals surface area contributed by atoms with Crippen LogP contribution in [0.1, 0.15) is 5.69 Å². The smallest absolute Gasteiger partial charge is 0.0705 e. The summed E-state index contributed by atoms with van der Waals surface area (Å²) in [5.41, 5.74) is 2.17. The van der Waals surface area contributed by atoms with Crippen molar-refractivity contribution in [3.8, 4) is 0 Å². The highest BCUT2D eigenvalue weighted by molar-refractivity contribution is 7.99. The molecular weight excluding hydrogens is 240 g/mol. The van der Waals surface area contributed by atoms with E-state index < -0.39 is 0 Å². The number of pyridine rings is 1. The number of nitrogens with zero attached hydrogens (tertiary/aromatic N) is 1. The maximum atomic E-state index is 4.62. The molecule has 0 radical (unpaired) electrons. The highest BCUT2D eigenvalue weighted by atomic mass is 32.2. The summed E-state index contributed by atoms with van der Waals surface area (Å²) in [7, 11) is 0. The van der Waals surface area contributed by atoms with Gasteiger partial charge in [0.25, 0.3) is 0 Å². The van der Waals surface area contributed by atoms with E-state index in [0.717, 1.165) is 35.8 Å². The van der Waals surface area contributed by atoms with E-state index in [1.165, 1.54) is 5.39 Å². The van der Waals surface area contributed by atoms with Gasteiger partial charge in [0.15, 0.2) is 0 Å². The Morgan fingerprint density at radius 3 is 3.00 bits per heavy atom. The zero-order valence-corrected chi connectivity index (χ0v) is 11.2. The zero-order valence-electron chi connectivity index (χ0n) is 10.4. The van der Waals surface area contributed by atoms with Crippen LogP contribution in [-0.2, 0) is 6.54 Å². The molecule has 1 aromatic carbocycles. The van der Waals surface area contributed by atoms with Crippen LogP contribution in [0.2, 0.25) is 0 Å². The molecule has 0 aliphatic heterocycles. The Hall–Kier alpha value is -1.32. The van der Waals surface area contributed by atoms with E-state index >= 15 is 0 Å². The van der Waals surface area contributed by atoms with Gasteiger partial charge in [-0.15, -0.1) is 6.58 Å². The Balaban J connectivity index is 1.82. The lowest BCUT2D eigenvalue weighted by Crippen LogP contribution is -2.17. The molecule has 0 aliphatic carbocycles. The molecule has 2 aromatic rings. The van der Waals surface area contributed by atoms with Crippen LogP contribution in [-0.4, -0.2) is 23.0 Å². The molecule has 0 spiro atoms. The first kappa shape index (κ1) is 13.1. The van der Waals surface area contributed by atoms with E-state index in [1.807, 2.05) is 30.0 Å². The summed E-state index contributed by atoms with van der Waals surface area (Å²) in [6, 6.07) is 12.4. The molecule has 0 saturated carbocycles. The molecule has 3 heteroatoms. The van der Waals surface area contributed by atoms with Gasteiger partial charge in [0.1, 0.15) is 0 Å². The largest absolute Gasteiger partial charge is 0.310 e. The first-order valence-electron chi connectivity index (χ1n) is 6.14. The van der Waals surface area contributed by atoms with Crippen molar-refractivity contribution in [2.75, 3.05) is 18.1 Å². The van der Waals surface area contributed by atoms with Gasteiger partial charge in [-0.05, 0) is 12.1 Å². The van der Waals surface area contributed by atoms with Gasteiger partial charge < -0.3 is 5.32 Å². The number of para-hydroxylation sites is 1. The Morgan fingerprint density at radius 1 is 1.22 bits per heavy atom. The van der Waals surface area contributed by atoms with Gasteiger partial charge in [-0.3, -0.25) is 4.98 Å². The quantitative estimate of drug-likeness (QED) is 0.609. The minimum absolute atomic E-state index is 0.833. The van der Waals surface area contributed by atoms with Crippen LogP contribution >= 0.6 is 11.8 Å². The van der Waals surface area contributed by atoms with Crippen molar-refractivity contribution in [3.05, 3.63) is 54.7 Å². The van der Waals surface area contributed by atoms with Crippen molar-refractivity contribution in [2.45, 2.75) is 6.54 Å². The van der Waals surface area contributed by atoms with E-state index in [0.29, 0.717) is 0 Å². The van der Waals surface area contributed by atoms with Crippen LogP contribution in [0.4, 0.5) is 0 Å². The lowest BCUT2D eigenvalue weighted by molar-refractivity contribution is 0.718. The average molecular weight is 258 g/mol. The lowest BCUT2D eigenvalue weighted by Gasteiger charge is -2.05. The van der Waals surface area contributed by atoms with E-state index in [9.17, 15) is 0 Å². The van der Waals surface area contributed by atoms with Gasteiger partial charge in [-0.25, -0.2) is 0 Å². The number of benzene rings is 1. The van der Waals surface area contributed by atoms with Crippen molar-refractivity contribution in [3.63, 3.8) is 0 Å². The number of fused-ring (bicyclic) bond motifs is 1. The highest BCUT2D eigenvalue weighted by Gasteiger charge is 1.97. The number of thioether (sulfide) groups is 1. The molecule has 0 bridgehead atoms. The van der Waals surface area contributed by atoms with Gasteiger partial charge in [-0.2, -0.15) is 11.8 Å². The van der Waals surface area contributed by atoms with Crippen LogP contribution in [0.15, 0.2) is 49.1 Å². The summed E-state index contributed by atoms with van der Waals surface area (Å²) in [5.74, 6) is 2.13. The summed E-state index contributed by atoms with van der Waals surface area (Å²) in [6.07, 6.45) is 1.94. The molecule has 0 fully saturated rings. The van der Waals surface area contributed by atoms with Gasteiger partial charge in [0, 0.05) is 30.0 Å². The second-order valence-corrected chi connectivity index (χ2v) is 5.19. The molecular formula is C15H18N2S. The zero-order chi connectivity index (χ0) is 12.6. The summed E-state index contributed by atoms with van der Waals surface area (Å²) < 4.78 is 0. The van der Waals surface area contributed by atoms with Gasteiger partial charge in [0.05, 0.1) is 11.2 Å². The molecule has 0 saturated heterocycles. The second kappa shape index (κ2) is 7.19. The van der Waals surface area contributed by atoms with Gasteiger partial charge in [-0.1, -0.05) is 30.3 Å². The first-order chi connectivity index (χ1) is 8.90. The number of aromatic nitrogens is 1. The summed E-state index contributed by atoms with van der Waals surface area (Å²) in [4.78, 5) is 4.62. The molecule has 1 heterocycles. The number of nitrogens with one attached hydrogen (secondary N) is 1. The number of hydrogen-bond donors (Lipinski definition) is 1. The van der Waals surface area contributed by atoms with Crippen molar-refractivity contribution < 1.29 is 0 Å². The predicted octanol–water partition coefficient (Wildman–Crippen LogP) is 3.24. The minimum atomic E-state index is 0.833. The van der Waals surface area contributed by atoms with E-state index in [2.05, 4.69) is 41.1 Å². The minimum Gasteiger partial charge on any atom is -0.310 e. The third-order valence-corrected chi connectivity index (χ3v) is 3.59. The maximum absolute atomic E-state index is 4.62. The summed E-state index contributed by atoms with van der Waals surface area (Å²) in [5, 5.41) is 4.60. The van der Waals surface area contributed by atoms with Crippen molar-refractivity contribution in [1.29, 1.82) is 0 Å². The fourth-order valence-electron chi connectivity index (χ4n) is 1.73. The Morgan fingerprint density at radius 2 is 2.11 bits per heavy atom. The summed E-state index contributed by atoms with van der Waals surface area (Å²) in [6.45, 7) is 5.54. The number of rotatable bonds is 7. The molecule has 0 aliphatic rings. The van der Waals surface area contributed by atoms with Crippen LogP contribution in [0, 0.1) is 0 Å². The third-order valence-electron chi connectivity index (χ3n) is 2.62. The maximum Gasteiger partial charge on any atom is 0.0705 e. The van der Waals surface area contributed by atoms with Gasteiger partial charge >= 0.3 is 0 Å². The molecule has 2 rings (SSSR count). The van der Waals surface area contributed by atoms with Crippen molar-refractivity contribution >= 4 is 22.7 Å². The molecule has 1 aromatic heterocycles. The van der Waals surface area contributed by atoms with E-state index in [4.69, 9.17) is 0 Å². The standard InChI is InChI=1S/C15H18N2S/c1-2-10-18-11-9-16-12-14-8-7-13-5-3-4-6-15(13)17-14/h2-8,16H,1,9-12H2. The molecule has 0 amide bonds. The first-order valence-corrected chi connectivity index (χ1v) is 7.29. The highest BCUT2D eigenvalue weighted by Crippen LogP contribution is 2.11. The molecule has 0 unspecified atom stereocenters. The van der Waals surface area contributed by atoms with Crippen LogP contribution in [0.5, 0.6) is 0 Å². The SMILES string of the molecule is C=CCSCCNCc1ccc2ccccc2n1. The van der Waals surface area contributed by atoms with Crippen LogP contribution < -0.4 is 5.32 Å². The molecule has 2 nitrogen and oxygen atoms in total. The van der Waals surface area contributed by atoms with Crippen LogP contribution in [0.3, 0.4) is 0 Å². The Bertz CT molecular complexity index is 511. The lowest BCUT2D eigenvalue weighted by atomic mass is 10.2. The number of hydrogen-bond acceptors (Lipinski definition) is 3. The summed E-state index contributed by atoms with van der Waals surface area (Å²) >= 11 is 1.89. The molecule has 18 heavy (non-hydrogen) atoms. The average Bonchev–Trinajstić information content (AvgIpc) is 2.42. The molecule has 1 N–H and O–H groups in total. The van der Waals surface area contributed by atoms with E-state index in [1.54, 1.807) is 0 Å². The molecule has 94 valence electrons. The normalized spacial score (nSPS) is 10.7. The van der Waals surface area contributed by atoms with Gasteiger partial charge in [0.2, 0.25) is 0 Å². The monoisotopic (exact) mass is 258 g/mol. The fraction of sp³-hybridized carbons (Fsp3) is 0.267. The van der Waals surface area contributed by atoms with Crippen molar-refractivity contribution in [2.24, 2.45) is 0 Å². The topological polar surface area (TPSA) is 24.9 Å². The Kier molecular flexibility index (Phi) is 5.24. The molecule has 0 atom stereocenters. The Labute approximate surface area is 113 Å². The second-order valence-electron chi connectivity index (χ2n) is 4.04. The van der Waals surface area contributed by atoms with Crippen LogP contribution in [0.25, 0.3) is 10.9 Å². The third kappa shape index (κ3) is 3.86. The fourth-order valence-corrected chi connectivity index (χ4v) is 2.36. The van der Waals surface area contributed by atoms with Crippen molar-refractivity contribution in [1.82, 2.24) is 10.3 Å².